The average molecular weight is 490 g/mol. The second-order valence-corrected chi connectivity index (χ2v) is 10.0. The first-order valence-electron chi connectivity index (χ1n) is 10.9. The summed E-state index contributed by atoms with van der Waals surface area (Å²) in [4.78, 5) is 33.5. The number of carbonyl (C=O) groups excluding carboxylic acids is 2. The van der Waals surface area contributed by atoms with Gasteiger partial charge < -0.3 is 10.2 Å². The zero-order chi connectivity index (χ0) is 23.5. The van der Waals surface area contributed by atoms with Crippen molar-refractivity contribution in [3.63, 3.8) is 0 Å². The maximum atomic E-state index is 13.2. The Kier molecular flexibility index (Phi) is 6.46. The summed E-state index contributed by atoms with van der Waals surface area (Å²) in [5, 5.41) is 12.5. The Morgan fingerprint density at radius 3 is 2.82 bits per heavy atom. The highest BCUT2D eigenvalue weighted by Crippen LogP contribution is 2.27. The van der Waals surface area contributed by atoms with E-state index in [0.29, 0.717) is 29.9 Å². The fraction of sp³-hybridized carbons (Fsp3) is 0.200. The Balaban J connectivity index is 1.25. The molecule has 7 nitrogen and oxygen atoms in total. The van der Waals surface area contributed by atoms with Crippen molar-refractivity contribution in [3.8, 4) is 0 Å². The van der Waals surface area contributed by atoms with Gasteiger partial charge in [-0.3, -0.25) is 14.7 Å². The van der Waals surface area contributed by atoms with Gasteiger partial charge in [0.05, 0.1) is 0 Å². The van der Waals surface area contributed by atoms with Crippen molar-refractivity contribution < 1.29 is 9.59 Å². The van der Waals surface area contributed by atoms with Gasteiger partial charge in [0.15, 0.2) is 5.16 Å². The molecule has 0 saturated heterocycles. The van der Waals surface area contributed by atoms with Crippen LogP contribution in [0.5, 0.6) is 0 Å². The van der Waals surface area contributed by atoms with Crippen LogP contribution in [0.1, 0.15) is 42.3 Å². The van der Waals surface area contributed by atoms with E-state index in [0.717, 1.165) is 28.5 Å². The molecule has 0 atom stereocenters. The first-order valence-corrected chi connectivity index (χ1v) is 12.8. The molecule has 4 aromatic rings. The molecule has 1 aliphatic rings. The average Bonchev–Trinajstić information content (AvgIpc) is 3.55. The number of thiophene rings is 1. The summed E-state index contributed by atoms with van der Waals surface area (Å²) in [5.74, 6) is 0.520. The third-order valence-electron chi connectivity index (χ3n) is 5.89. The van der Waals surface area contributed by atoms with Crippen LogP contribution in [-0.2, 0) is 18.7 Å². The number of anilines is 1. The number of fused-ring (bicyclic) bond motifs is 1. The van der Waals surface area contributed by atoms with Crippen molar-refractivity contribution >= 4 is 40.6 Å². The second kappa shape index (κ2) is 9.82. The minimum Gasteiger partial charge on any atom is -0.334 e. The number of hydrogen-bond acceptors (Lipinski definition) is 6. The van der Waals surface area contributed by atoms with E-state index in [1.54, 1.807) is 23.1 Å². The van der Waals surface area contributed by atoms with Crippen LogP contribution in [-0.4, -0.2) is 38.4 Å². The topological polar surface area (TPSA) is 91.0 Å². The number of nitrogens with one attached hydrogen (secondary N) is 2. The number of benzene rings is 2. The quantitative estimate of drug-likeness (QED) is 0.375. The third-order valence-corrected chi connectivity index (χ3v) is 7.86. The van der Waals surface area contributed by atoms with Gasteiger partial charge >= 0.3 is 0 Å². The van der Waals surface area contributed by atoms with Crippen LogP contribution in [0.4, 0.5) is 5.69 Å². The Bertz CT molecular complexity index is 1320. The molecular weight excluding hydrogens is 466 g/mol. The van der Waals surface area contributed by atoms with Crippen molar-refractivity contribution in [2.45, 2.75) is 30.8 Å². The SMILES string of the molecule is Cc1c(NC(=O)c2ccc(CSc3ncn[nH]3)cc2)cccc1C(=O)N1CCc2sccc2C1. The number of amides is 2. The van der Waals surface area contributed by atoms with Crippen LogP contribution in [0.15, 0.2) is 65.4 Å². The highest BCUT2D eigenvalue weighted by molar-refractivity contribution is 7.98. The minimum atomic E-state index is -0.206. The molecule has 2 N–H and O–H groups in total. The molecule has 0 radical (unpaired) electrons. The Hall–Kier alpha value is -3.43. The number of aromatic amines is 1. The van der Waals surface area contributed by atoms with E-state index < -0.39 is 0 Å². The number of nitrogens with zero attached hydrogens (tertiary/aromatic N) is 3. The molecule has 3 heterocycles. The monoisotopic (exact) mass is 489 g/mol. The fourth-order valence-corrected chi connectivity index (χ4v) is 5.58. The molecule has 5 rings (SSSR count). The van der Waals surface area contributed by atoms with Gasteiger partial charge in [-0.15, -0.1) is 11.3 Å². The predicted octanol–water partition coefficient (Wildman–Crippen LogP) is 4.92. The number of carbonyl (C=O) groups is 2. The normalized spacial score (nSPS) is 12.9. The van der Waals surface area contributed by atoms with E-state index >= 15 is 0 Å². The van der Waals surface area contributed by atoms with E-state index in [1.807, 2.05) is 54.3 Å². The molecule has 1 aliphatic heterocycles. The maximum Gasteiger partial charge on any atom is 0.255 e. The number of aromatic nitrogens is 3. The Labute approximate surface area is 205 Å². The van der Waals surface area contributed by atoms with Gasteiger partial charge in [-0.25, -0.2) is 4.98 Å². The molecular formula is C25H23N5O2S2. The summed E-state index contributed by atoms with van der Waals surface area (Å²) in [6.45, 7) is 3.23. The largest absolute Gasteiger partial charge is 0.334 e. The van der Waals surface area contributed by atoms with Gasteiger partial charge in [-0.2, -0.15) is 5.10 Å². The van der Waals surface area contributed by atoms with E-state index in [4.69, 9.17) is 0 Å². The first kappa shape index (κ1) is 22.4. The molecule has 0 spiro atoms. The van der Waals surface area contributed by atoms with Crippen LogP contribution in [0.2, 0.25) is 0 Å². The summed E-state index contributed by atoms with van der Waals surface area (Å²) in [6.07, 6.45) is 2.37. The summed E-state index contributed by atoms with van der Waals surface area (Å²) in [5.41, 5.74) is 4.92. The molecule has 0 aliphatic carbocycles. The van der Waals surface area contributed by atoms with Crippen molar-refractivity contribution in [3.05, 3.63) is 92.9 Å². The van der Waals surface area contributed by atoms with Crippen LogP contribution in [0.25, 0.3) is 0 Å². The Morgan fingerprint density at radius 1 is 1.18 bits per heavy atom. The Morgan fingerprint density at radius 2 is 2.03 bits per heavy atom. The van der Waals surface area contributed by atoms with E-state index in [2.05, 4.69) is 31.9 Å². The smallest absolute Gasteiger partial charge is 0.255 e. The summed E-state index contributed by atoms with van der Waals surface area (Å²) in [7, 11) is 0. The molecule has 2 aromatic heterocycles. The molecule has 0 fully saturated rings. The molecule has 34 heavy (non-hydrogen) atoms. The molecule has 9 heteroatoms. The third kappa shape index (κ3) is 4.76. The van der Waals surface area contributed by atoms with Crippen molar-refractivity contribution in [2.75, 3.05) is 11.9 Å². The van der Waals surface area contributed by atoms with E-state index in [-0.39, 0.29) is 11.8 Å². The number of hydrogen-bond donors (Lipinski definition) is 2. The summed E-state index contributed by atoms with van der Waals surface area (Å²) in [6, 6.07) is 15.1. The number of rotatable bonds is 6. The zero-order valence-electron chi connectivity index (χ0n) is 18.6. The van der Waals surface area contributed by atoms with Crippen molar-refractivity contribution in [1.29, 1.82) is 0 Å². The van der Waals surface area contributed by atoms with Crippen LogP contribution in [0.3, 0.4) is 0 Å². The summed E-state index contributed by atoms with van der Waals surface area (Å²) >= 11 is 3.30. The maximum absolute atomic E-state index is 13.2. The van der Waals surface area contributed by atoms with Gasteiger partial charge in [0.25, 0.3) is 11.8 Å². The van der Waals surface area contributed by atoms with Crippen LogP contribution < -0.4 is 5.32 Å². The molecule has 2 aromatic carbocycles. The highest BCUT2D eigenvalue weighted by atomic mass is 32.2. The zero-order valence-corrected chi connectivity index (χ0v) is 20.2. The van der Waals surface area contributed by atoms with Crippen molar-refractivity contribution in [1.82, 2.24) is 20.1 Å². The van der Waals surface area contributed by atoms with Crippen LogP contribution >= 0.6 is 23.1 Å². The fourth-order valence-electron chi connectivity index (χ4n) is 3.96. The molecule has 0 saturated carbocycles. The lowest BCUT2D eigenvalue weighted by Crippen LogP contribution is -2.35. The van der Waals surface area contributed by atoms with Gasteiger partial charge in [-0.05, 0) is 65.7 Å². The van der Waals surface area contributed by atoms with Crippen LogP contribution in [0, 0.1) is 6.92 Å². The summed E-state index contributed by atoms with van der Waals surface area (Å²) < 4.78 is 0. The van der Waals surface area contributed by atoms with E-state index in [9.17, 15) is 9.59 Å². The molecule has 0 bridgehead atoms. The van der Waals surface area contributed by atoms with Crippen molar-refractivity contribution in [2.24, 2.45) is 0 Å². The number of thioether (sulfide) groups is 1. The standard InChI is InChI=1S/C25H23N5O2S2/c1-16-20(24(32)30-11-9-22-19(13-30)10-12-33-22)3-2-4-21(16)28-23(31)18-7-5-17(6-8-18)14-34-25-26-15-27-29-25/h2-8,10,12,15H,9,11,13-14H2,1H3,(H,28,31)(H,26,27,29). The lowest BCUT2D eigenvalue weighted by atomic mass is 10.0. The van der Waals surface area contributed by atoms with Gasteiger partial charge in [0.1, 0.15) is 6.33 Å². The lowest BCUT2D eigenvalue weighted by Gasteiger charge is -2.28. The first-order chi connectivity index (χ1) is 16.6. The second-order valence-electron chi connectivity index (χ2n) is 8.05. The van der Waals surface area contributed by atoms with E-state index in [1.165, 1.54) is 16.8 Å². The molecule has 172 valence electrons. The van der Waals surface area contributed by atoms with Gasteiger partial charge in [-0.1, -0.05) is 30.0 Å². The molecule has 0 unspecified atom stereocenters. The highest BCUT2D eigenvalue weighted by Gasteiger charge is 2.24. The molecule has 2 amide bonds. The minimum absolute atomic E-state index is 0.000871. The van der Waals surface area contributed by atoms with Gasteiger partial charge in [0, 0.05) is 40.5 Å². The lowest BCUT2D eigenvalue weighted by molar-refractivity contribution is 0.0735. The van der Waals surface area contributed by atoms with Gasteiger partial charge in [0.2, 0.25) is 0 Å². The number of H-pyrrole nitrogens is 1. The predicted molar refractivity (Wildman–Crippen MR) is 134 cm³/mol.